The highest BCUT2D eigenvalue weighted by Gasteiger charge is 2.16. The van der Waals surface area contributed by atoms with Crippen molar-refractivity contribution in [3.63, 3.8) is 0 Å². The van der Waals surface area contributed by atoms with Gasteiger partial charge in [-0.2, -0.15) is 0 Å². The standard InChI is InChI=1S/C13H11NOS/c15-16-9-10-5-1-2-6-11(10)14-12-7-3-4-8-13(12)16/h1-8,14H,9H2/t16-/m1/s1. The second-order valence-corrected chi connectivity index (χ2v) is 5.19. The van der Waals surface area contributed by atoms with Gasteiger partial charge in [-0.05, 0) is 23.8 Å². The van der Waals surface area contributed by atoms with Gasteiger partial charge in [0.25, 0.3) is 0 Å². The smallest absolute Gasteiger partial charge is 0.0626 e. The summed E-state index contributed by atoms with van der Waals surface area (Å²) in [4.78, 5) is 0.888. The van der Waals surface area contributed by atoms with E-state index in [-0.39, 0.29) is 0 Å². The van der Waals surface area contributed by atoms with Crippen LogP contribution in [0, 0.1) is 0 Å². The number of nitrogens with one attached hydrogen (secondary N) is 1. The number of hydrogen-bond donors (Lipinski definition) is 1. The molecule has 1 aliphatic heterocycles. The molecular formula is C13H11NOS. The predicted molar refractivity (Wildman–Crippen MR) is 66.3 cm³/mol. The summed E-state index contributed by atoms with van der Waals surface area (Å²) in [5, 5.41) is 3.34. The third-order valence-electron chi connectivity index (χ3n) is 2.71. The average molecular weight is 229 g/mol. The van der Waals surface area contributed by atoms with Crippen molar-refractivity contribution in [3.05, 3.63) is 54.1 Å². The van der Waals surface area contributed by atoms with Crippen LogP contribution in [0.5, 0.6) is 0 Å². The molecule has 3 rings (SSSR count). The van der Waals surface area contributed by atoms with E-state index in [4.69, 9.17) is 0 Å². The summed E-state index contributed by atoms with van der Waals surface area (Å²) < 4.78 is 12.1. The zero-order chi connectivity index (χ0) is 11.0. The van der Waals surface area contributed by atoms with Crippen molar-refractivity contribution in [2.24, 2.45) is 0 Å². The van der Waals surface area contributed by atoms with E-state index in [0.717, 1.165) is 21.8 Å². The van der Waals surface area contributed by atoms with Crippen LogP contribution in [0.2, 0.25) is 0 Å². The summed E-state index contributed by atoms with van der Waals surface area (Å²) in [7, 11) is -0.956. The molecule has 0 aromatic heterocycles. The van der Waals surface area contributed by atoms with Crippen LogP contribution in [0.4, 0.5) is 11.4 Å². The van der Waals surface area contributed by atoms with Crippen LogP contribution in [0.3, 0.4) is 0 Å². The normalized spacial score (nSPS) is 17.9. The van der Waals surface area contributed by atoms with Gasteiger partial charge < -0.3 is 5.32 Å². The fourth-order valence-corrected chi connectivity index (χ4v) is 3.19. The van der Waals surface area contributed by atoms with E-state index in [1.807, 2.05) is 48.5 Å². The first-order valence-corrected chi connectivity index (χ1v) is 6.49. The van der Waals surface area contributed by atoms with Gasteiger partial charge in [-0.3, -0.25) is 4.21 Å². The number of para-hydroxylation sites is 2. The van der Waals surface area contributed by atoms with Crippen LogP contribution < -0.4 is 5.32 Å². The van der Waals surface area contributed by atoms with Crippen LogP contribution in [-0.2, 0) is 16.6 Å². The van der Waals surface area contributed by atoms with Gasteiger partial charge in [0, 0.05) is 5.69 Å². The molecule has 3 heteroatoms. The van der Waals surface area contributed by atoms with E-state index in [1.54, 1.807) is 0 Å². The number of rotatable bonds is 0. The molecule has 1 heterocycles. The topological polar surface area (TPSA) is 29.1 Å². The zero-order valence-electron chi connectivity index (χ0n) is 8.64. The van der Waals surface area contributed by atoms with Gasteiger partial charge in [0.1, 0.15) is 0 Å². The molecule has 1 N–H and O–H groups in total. The average Bonchev–Trinajstić information content (AvgIpc) is 2.45. The Hall–Kier alpha value is -1.61. The Morgan fingerprint density at radius 2 is 1.62 bits per heavy atom. The SMILES string of the molecule is O=[S@@]1Cc2ccccc2Nc2ccccc21. The second kappa shape index (κ2) is 3.76. The summed E-state index contributed by atoms with van der Waals surface area (Å²) >= 11 is 0. The maximum Gasteiger partial charge on any atom is 0.0626 e. The Morgan fingerprint density at radius 1 is 0.938 bits per heavy atom. The van der Waals surface area contributed by atoms with Crippen molar-refractivity contribution < 1.29 is 4.21 Å². The van der Waals surface area contributed by atoms with Gasteiger partial charge in [-0.25, -0.2) is 0 Å². The summed E-state index contributed by atoms with van der Waals surface area (Å²) in [6.07, 6.45) is 0. The van der Waals surface area contributed by atoms with Crippen molar-refractivity contribution in [2.75, 3.05) is 5.32 Å². The van der Waals surface area contributed by atoms with E-state index < -0.39 is 10.8 Å². The van der Waals surface area contributed by atoms with E-state index in [9.17, 15) is 4.21 Å². The Labute approximate surface area is 96.8 Å². The minimum atomic E-state index is -0.956. The number of anilines is 2. The first kappa shape index (κ1) is 9.60. The molecule has 0 radical (unpaired) electrons. The highest BCUT2D eigenvalue weighted by molar-refractivity contribution is 7.84. The van der Waals surface area contributed by atoms with E-state index in [0.29, 0.717) is 5.75 Å². The minimum Gasteiger partial charge on any atom is -0.354 e. The molecule has 2 aromatic rings. The molecule has 80 valence electrons. The van der Waals surface area contributed by atoms with Crippen molar-refractivity contribution in [1.29, 1.82) is 0 Å². The number of hydrogen-bond acceptors (Lipinski definition) is 2. The maximum atomic E-state index is 12.1. The second-order valence-electron chi connectivity index (χ2n) is 3.77. The molecule has 0 amide bonds. The van der Waals surface area contributed by atoms with E-state index in [1.165, 1.54) is 0 Å². The van der Waals surface area contributed by atoms with Crippen molar-refractivity contribution >= 4 is 22.2 Å². The minimum absolute atomic E-state index is 0.584. The number of benzene rings is 2. The van der Waals surface area contributed by atoms with Gasteiger partial charge in [0.2, 0.25) is 0 Å². The fraction of sp³-hybridized carbons (Fsp3) is 0.0769. The van der Waals surface area contributed by atoms with Crippen LogP contribution in [-0.4, -0.2) is 4.21 Å². The molecule has 0 bridgehead atoms. The first-order valence-electron chi connectivity index (χ1n) is 5.17. The molecule has 2 aromatic carbocycles. The molecular weight excluding hydrogens is 218 g/mol. The highest BCUT2D eigenvalue weighted by atomic mass is 32.2. The molecule has 0 aliphatic carbocycles. The van der Waals surface area contributed by atoms with Crippen LogP contribution in [0.1, 0.15) is 5.56 Å². The first-order chi connectivity index (χ1) is 7.84. The maximum absolute atomic E-state index is 12.1. The van der Waals surface area contributed by atoms with E-state index in [2.05, 4.69) is 5.32 Å². The Bertz CT molecular complexity index is 565. The highest BCUT2D eigenvalue weighted by Crippen LogP contribution is 2.31. The molecule has 2 nitrogen and oxygen atoms in total. The van der Waals surface area contributed by atoms with E-state index >= 15 is 0 Å². The summed E-state index contributed by atoms with van der Waals surface area (Å²) in [6, 6.07) is 15.8. The monoisotopic (exact) mass is 229 g/mol. The van der Waals surface area contributed by atoms with Crippen LogP contribution >= 0.6 is 0 Å². The van der Waals surface area contributed by atoms with Gasteiger partial charge in [-0.1, -0.05) is 30.3 Å². The molecule has 0 saturated heterocycles. The summed E-state index contributed by atoms with van der Waals surface area (Å²) in [6.45, 7) is 0. The number of fused-ring (bicyclic) bond motifs is 2. The van der Waals surface area contributed by atoms with Crippen molar-refractivity contribution in [3.8, 4) is 0 Å². The van der Waals surface area contributed by atoms with Crippen molar-refractivity contribution in [1.82, 2.24) is 0 Å². The molecule has 1 atom stereocenters. The lowest BCUT2D eigenvalue weighted by Gasteiger charge is -2.07. The van der Waals surface area contributed by atoms with Gasteiger partial charge >= 0.3 is 0 Å². The van der Waals surface area contributed by atoms with Crippen LogP contribution in [0.15, 0.2) is 53.4 Å². The lowest BCUT2D eigenvalue weighted by Crippen LogP contribution is -1.94. The predicted octanol–water partition coefficient (Wildman–Crippen LogP) is 3.05. The van der Waals surface area contributed by atoms with Gasteiger partial charge in [-0.15, -0.1) is 0 Å². The third-order valence-corrected chi connectivity index (χ3v) is 4.13. The molecule has 16 heavy (non-hydrogen) atoms. The third kappa shape index (κ3) is 1.53. The molecule has 0 spiro atoms. The largest absolute Gasteiger partial charge is 0.354 e. The summed E-state index contributed by atoms with van der Waals surface area (Å²) in [5.41, 5.74) is 3.11. The van der Waals surface area contributed by atoms with Gasteiger partial charge in [0.05, 0.1) is 27.1 Å². The lowest BCUT2D eigenvalue weighted by atomic mass is 10.2. The zero-order valence-corrected chi connectivity index (χ0v) is 9.46. The molecule has 1 aliphatic rings. The Morgan fingerprint density at radius 3 is 2.50 bits per heavy atom. The van der Waals surface area contributed by atoms with Crippen molar-refractivity contribution in [2.45, 2.75) is 10.6 Å². The lowest BCUT2D eigenvalue weighted by molar-refractivity contribution is 0.683. The Kier molecular flexibility index (Phi) is 2.26. The summed E-state index contributed by atoms with van der Waals surface area (Å²) in [5.74, 6) is 0.584. The quantitative estimate of drug-likeness (QED) is 0.752. The molecule has 0 saturated carbocycles. The fourth-order valence-electron chi connectivity index (χ4n) is 1.90. The van der Waals surface area contributed by atoms with Crippen LogP contribution in [0.25, 0.3) is 0 Å². The Balaban J connectivity index is 2.18. The van der Waals surface area contributed by atoms with Gasteiger partial charge in [0.15, 0.2) is 0 Å². The molecule has 0 fully saturated rings. The molecule has 0 unspecified atom stereocenters.